The molecule has 15 heavy (non-hydrogen) atoms. The van der Waals surface area contributed by atoms with E-state index in [1.807, 2.05) is 6.92 Å². The third kappa shape index (κ3) is 3.10. The van der Waals surface area contributed by atoms with E-state index < -0.39 is 12.4 Å². The number of halogens is 3. The van der Waals surface area contributed by atoms with Gasteiger partial charge in [0.05, 0.1) is 0 Å². The topological polar surface area (TPSA) is 0 Å². The molecule has 1 aromatic carbocycles. The minimum absolute atomic E-state index is 0. The second-order valence-electron chi connectivity index (χ2n) is 4.26. The Balaban J connectivity index is 0.00000112. The van der Waals surface area contributed by atoms with Crippen LogP contribution in [0.3, 0.4) is 0 Å². The van der Waals surface area contributed by atoms with Gasteiger partial charge in [0.1, 0.15) is 0 Å². The molecule has 2 rings (SSSR count). The monoisotopic (exact) mass is 238 g/mol. The van der Waals surface area contributed by atoms with Gasteiger partial charge in [-0.15, -0.1) is 5.46 Å². The van der Waals surface area contributed by atoms with Crippen LogP contribution in [0.4, 0.5) is 12.9 Å². The predicted octanol–water partition coefficient (Wildman–Crippen LogP) is -0.204. The average molecular weight is 238 g/mol. The zero-order valence-corrected chi connectivity index (χ0v) is 12.1. The second kappa shape index (κ2) is 4.53. The standard InChI is InChI=1S/C10H11BF3.K/c1-10(5-6-10)8-3-2-4-9(7-8)11(12,13)14;/h2-4,7H,5-6H2,1H3;/q-1;+1. The Morgan fingerprint density at radius 3 is 2.27 bits per heavy atom. The van der Waals surface area contributed by atoms with E-state index in [0.717, 1.165) is 24.5 Å². The molecule has 0 unspecified atom stereocenters. The normalized spacial score (nSPS) is 18.1. The van der Waals surface area contributed by atoms with E-state index in [2.05, 4.69) is 0 Å². The summed E-state index contributed by atoms with van der Waals surface area (Å²) >= 11 is 0. The van der Waals surface area contributed by atoms with Gasteiger partial charge in [0.2, 0.25) is 0 Å². The summed E-state index contributed by atoms with van der Waals surface area (Å²) in [5, 5.41) is 0. The van der Waals surface area contributed by atoms with Crippen molar-refractivity contribution in [1.82, 2.24) is 0 Å². The molecule has 1 aliphatic rings. The van der Waals surface area contributed by atoms with Crippen LogP contribution in [0, 0.1) is 0 Å². The first-order chi connectivity index (χ1) is 6.42. The molecule has 0 nitrogen and oxygen atoms in total. The smallest absolute Gasteiger partial charge is 0.445 e. The van der Waals surface area contributed by atoms with E-state index in [1.54, 1.807) is 6.07 Å². The van der Waals surface area contributed by atoms with Gasteiger partial charge in [-0.25, -0.2) is 0 Å². The third-order valence-electron chi connectivity index (χ3n) is 2.96. The van der Waals surface area contributed by atoms with Crippen LogP contribution in [0.5, 0.6) is 0 Å². The zero-order chi connectivity index (χ0) is 10.4. The van der Waals surface area contributed by atoms with E-state index >= 15 is 0 Å². The maximum atomic E-state index is 12.4. The molecule has 1 aromatic rings. The largest absolute Gasteiger partial charge is 1.00 e. The molecule has 0 atom stereocenters. The van der Waals surface area contributed by atoms with Crippen molar-refractivity contribution >= 4 is 12.4 Å². The Kier molecular flexibility index (Phi) is 4.16. The van der Waals surface area contributed by atoms with Gasteiger partial charge in [-0.2, -0.15) is 0 Å². The zero-order valence-electron chi connectivity index (χ0n) is 8.93. The van der Waals surface area contributed by atoms with E-state index in [9.17, 15) is 12.9 Å². The van der Waals surface area contributed by atoms with Crippen molar-refractivity contribution < 1.29 is 64.3 Å². The Morgan fingerprint density at radius 2 is 1.80 bits per heavy atom. The van der Waals surface area contributed by atoms with Crippen molar-refractivity contribution in [3.8, 4) is 0 Å². The molecule has 76 valence electrons. The van der Waals surface area contributed by atoms with Gasteiger partial charge in [-0.3, -0.25) is 0 Å². The van der Waals surface area contributed by atoms with Crippen LogP contribution >= 0.6 is 0 Å². The molecule has 0 N–H and O–H groups in total. The second-order valence-corrected chi connectivity index (χ2v) is 4.26. The average Bonchev–Trinajstić information content (AvgIpc) is 2.84. The molecule has 0 amide bonds. The van der Waals surface area contributed by atoms with Crippen molar-refractivity contribution in [2.45, 2.75) is 25.2 Å². The molecular formula is C10H11BF3K. The summed E-state index contributed by atoms with van der Waals surface area (Å²) in [7, 11) is 0. The summed E-state index contributed by atoms with van der Waals surface area (Å²) < 4.78 is 37.3. The van der Waals surface area contributed by atoms with Gasteiger partial charge in [0.15, 0.2) is 0 Å². The maximum Gasteiger partial charge on any atom is 1.00 e. The fourth-order valence-corrected chi connectivity index (χ4v) is 1.59. The SMILES string of the molecule is CC1(c2cccc([B-](F)(F)F)c2)CC1.[K+]. The first-order valence-corrected chi connectivity index (χ1v) is 4.72. The van der Waals surface area contributed by atoms with Crippen molar-refractivity contribution in [2.75, 3.05) is 0 Å². The van der Waals surface area contributed by atoms with E-state index in [-0.39, 0.29) is 56.8 Å². The van der Waals surface area contributed by atoms with Gasteiger partial charge in [0.25, 0.3) is 0 Å². The molecule has 0 bridgehead atoms. The van der Waals surface area contributed by atoms with Crippen molar-refractivity contribution in [3.63, 3.8) is 0 Å². The molecular weight excluding hydrogens is 227 g/mol. The summed E-state index contributed by atoms with van der Waals surface area (Å²) in [4.78, 5) is 0. The Labute approximate surface area is 130 Å². The molecule has 0 aromatic heterocycles. The summed E-state index contributed by atoms with van der Waals surface area (Å²) in [5.74, 6) is 0. The Bertz CT molecular complexity index is 337. The number of hydrogen-bond donors (Lipinski definition) is 0. The van der Waals surface area contributed by atoms with Crippen molar-refractivity contribution in [1.29, 1.82) is 0 Å². The predicted molar refractivity (Wildman–Crippen MR) is 51.7 cm³/mol. The van der Waals surface area contributed by atoms with Crippen LogP contribution in [0.1, 0.15) is 25.3 Å². The summed E-state index contributed by atoms with van der Waals surface area (Å²) in [6.07, 6.45) is 2.00. The number of rotatable bonds is 2. The van der Waals surface area contributed by atoms with Gasteiger partial charge >= 0.3 is 58.4 Å². The number of hydrogen-bond acceptors (Lipinski definition) is 0. The van der Waals surface area contributed by atoms with Gasteiger partial charge in [-0.1, -0.05) is 31.2 Å². The third-order valence-corrected chi connectivity index (χ3v) is 2.96. The van der Waals surface area contributed by atoms with Gasteiger partial charge in [0, 0.05) is 0 Å². The molecule has 0 spiro atoms. The minimum Gasteiger partial charge on any atom is -0.445 e. The fourth-order valence-electron chi connectivity index (χ4n) is 1.59. The molecule has 5 heteroatoms. The van der Waals surface area contributed by atoms with Gasteiger partial charge in [-0.05, 0) is 23.8 Å². The first kappa shape index (κ1) is 13.8. The van der Waals surface area contributed by atoms with E-state index in [1.165, 1.54) is 12.1 Å². The summed E-state index contributed by atoms with van der Waals surface area (Å²) in [6, 6.07) is 5.74. The quantitative estimate of drug-likeness (QED) is 0.626. The molecule has 1 saturated carbocycles. The van der Waals surface area contributed by atoms with Crippen LogP contribution < -0.4 is 56.8 Å². The van der Waals surface area contributed by atoms with E-state index in [4.69, 9.17) is 0 Å². The van der Waals surface area contributed by atoms with E-state index in [0.29, 0.717) is 0 Å². The summed E-state index contributed by atoms with van der Waals surface area (Å²) in [6.45, 7) is -2.84. The van der Waals surface area contributed by atoms with Crippen molar-refractivity contribution in [2.24, 2.45) is 0 Å². The molecule has 0 saturated heterocycles. The van der Waals surface area contributed by atoms with Gasteiger partial charge < -0.3 is 12.9 Å². The minimum atomic E-state index is -4.85. The molecule has 0 aliphatic heterocycles. The van der Waals surface area contributed by atoms with Crippen LogP contribution in [-0.2, 0) is 5.41 Å². The molecule has 0 radical (unpaired) electrons. The summed E-state index contributed by atoms with van der Waals surface area (Å²) in [5.41, 5.74) is 0.363. The van der Waals surface area contributed by atoms with Crippen LogP contribution in [0.15, 0.2) is 24.3 Å². The maximum absolute atomic E-state index is 12.4. The van der Waals surface area contributed by atoms with Crippen LogP contribution in [0.25, 0.3) is 0 Å². The Morgan fingerprint density at radius 1 is 1.20 bits per heavy atom. The first-order valence-electron chi connectivity index (χ1n) is 4.72. The molecule has 1 fully saturated rings. The number of benzene rings is 1. The molecule has 1 aliphatic carbocycles. The van der Waals surface area contributed by atoms with Crippen molar-refractivity contribution in [3.05, 3.63) is 29.8 Å². The van der Waals surface area contributed by atoms with Crippen LogP contribution in [0.2, 0.25) is 0 Å². The fraction of sp³-hybridized carbons (Fsp3) is 0.400. The molecule has 0 heterocycles. The Hall–Kier alpha value is 0.711. The van der Waals surface area contributed by atoms with Crippen LogP contribution in [-0.4, -0.2) is 6.98 Å².